The van der Waals surface area contributed by atoms with Crippen LogP contribution in [0.4, 0.5) is 0 Å². The summed E-state index contributed by atoms with van der Waals surface area (Å²) >= 11 is 2.05. The van der Waals surface area contributed by atoms with Gasteiger partial charge in [-0.25, -0.2) is 0 Å². The largest absolute Gasteiger partial charge is 0.354 e. The molecule has 1 heterocycles. The molecule has 2 fully saturated rings. The molecule has 1 spiro atoms. The minimum atomic E-state index is -0.686. The number of rotatable bonds is 36. The Balaban J connectivity index is 1.76. The Labute approximate surface area is 352 Å². The van der Waals surface area contributed by atoms with Crippen molar-refractivity contribution in [3.63, 3.8) is 0 Å². The second-order valence-corrected chi connectivity index (χ2v) is 18.9. The van der Waals surface area contributed by atoms with Crippen LogP contribution in [0.3, 0.4) is 0 Å². The van der Waals surface area contributed by atoms with Gasteiger partial charge in [0.2, 0.25) is 11.8 Å². The average molecular weight is 798 g/mol. The smallest absolute Gasteiger partial charge is 0.245 e. The molecule has 1 saturated heterocycles. The molecule has 0 bridgehead atoms. The summed E-state index contributed by atoms with van der Waals surface area (Å²) < 4.78 is 0. The van der Waals surface area contributed by atoms with Crippen LogP contribution in [0.1, 0.15) is 213 Å². The molecule has 1 saturated carbocycles. The molecule has 6 heteroatoms. The highest BCUT2D eigenvalue weighted by molar-refractivity contribution is 8.00. The van der Waals surface area contributed by atoms with Gasteiger partial charge in [0.1, 0.15) is 5.54 Å². The zero-order valence-corrected chi connectivity index (χ0v) is 38.4. The SMILES string of the molecule is CCCCC/C=C\C/C=C\CCCCCCCC(=O)N(CCCN(C)C)C1(C(=O)NCCCCCCCC/C=C\CCCCCCCC)CCC2(CC1)CSC2. The van der Waals surface area contributed by atoms with Crippen molar-refractivity contribution in [3.8, 4) is 0 Å². The molecule has 0 aromatic rings. The molecule has 0 radical (unpaired) electrons. The van der Waals surface area contributed by atoms with E-state index in [4.69, 9.17) is 0 Å². The fourth-order valence-electron chi connectivity index (χ4n) is 8.58. The van der Waals surface area contributed by atoms with Gasteiger partial charge in [0.25, 0.3) is 0 Å². The van der Waals surface area contributed by atoms with Gasteiger partial charge in [0.05, 0.1) is 0 Å². The van der Waals surface area contributed by atoms with Gasteiger partial charge in [0, 0.05) is 19.5 Å². The van der Waals surface area contributed by atoms with Gasteiger partial charge in [-0.3, -0.25) is 9.59 Å². The number of nitrogens with zero attached hydrogens (tertiary/aromatic N) is 2. The lowest BCUT2D eigenvalue weighted by Crippen LogP contribution is -2.64. The molecule has 1 aliphatic heterocycles. The predicted octanol–water partition coefficient (Wildman–Crippen LogP) is 13.8. The molecule has 2 rings (SSSR count). The molecule has 0 aromatic carbocycles. The van der Waals surface area contributed by atoms with Crippen LogP contribution in [-0.4, -0.2) is 72.4 Å². The van der Waals surface area contributed by atoms with Crippen molar-refractivity contribution in [1.82, 2.24) is 15.1 Å². The van der Waals surface area contributed by atoms with E-state index < -0.39 is 5.54 Å². The summed E-state index contributed by atoms with van der Waals surface area (Å²) in [6.07, 6.45) is 50.4. The van der Waals surface area contributed by atoms with Gasteiger partial charge < -0.3 is 15.1 Å². The molecule has 2 aliphatic rings. The fourth-order valence-corrected chi connectivity index (χ4v) is 9.94. The normalized spacial score (nSPS) is 16.4. The molecule has 324 valence electrons. The quantitative estimate of drug-likeness (QED) is 0.0507. The van der Waals surface area contributed by atoms with Crippen LogP contribution >= 0.6 is 11.8 Å². The molecule has 2 amide bonds. The third-order valence-electron chi connectivity index (χ3n) is 12.5. The van der Waals surface area contributed by atoms with Crippen LogP contribution in [-0.2, 0) is 9.59 Å². The summed E-state index contributed by atoms with van der Waals surface area (Å²) in [4.78, 5) is 32.8. The summed E-state index contributed by atoms with van der Waals surface area (Å²) in [6, 6.07) is 0. The van der Waals surface area contributed by atoms with Gasteiger partial charge in [-0.15, -0.1) is 0 Å². The fraction of sp³-hybridized carbons (Fsp3) is 0.840. The van der Waals surface area contributed by atoms with E-state index in [1.807, 2.05) is 11.8 Å². The summed E-state index contributed by atoms with van der Waals surface area (Å²) in [7, 11) is 4.20. The Hall–Kier alpha value is -1.53. The summed E-state index contributed by atoms with van der Waals surface area (Å²) in [5, 5.41) is 3.40. The van der Waals surface area contributed by atoms with E-state index >= 15 is 0 Å². The van der Waals surface area contributed by atoms with Crippen LogP contribution in [0.5, 0.6) is 0 Å². The van der Waals surface area contributed by atoms with Gasteiger partial charge in [-0.2, -0.15) is 11.8 Å². The maximum absolute atomic E-state index is 14.3. The number of hydrogen-bond acceptors (Lipinski definition) is 4. The molecular formula is C50H91N3O2S. The van der Waals surface area contributed by atoms with Gasteiger partial charge >= 0.3 is 0 Å². The van der Waals surface area contributed by atoms with E-state index in [1.165, 1.54) is 140 Å². The number of unbranched alkanes of at least 4 members (excludes halogenated alkanes) is 20. The lowest BCUT2D eigenvalue weighted by Gasteiger charge is -2.53. The monoisotopic (exact) mass is 798 g/mol. The first-order valence-corrected chi connectivity index (χ1v) is 25.3. The Morgan fingerprint density at radius 1 is 0.554 bits per heavy atom. The average Bonchev–Trinajstić information content (AvgIpc) is 3.18. The highest BCUT2D eigenvalue weighted by Gasteiger charge is 2.53. The number of carbonyl (C=O) groups excluding carboxylic acids is 2. The van der Waals surface area contributed by atoms with Crippen LogP contribution in [0.2, 0.25) is 0 Å². The van der Waals surface area contributed by atoms with Crippen LogP contribution in [0.25, 0.3) is 0 Å². The highest BCUT2D eigenvalue weighted by Crippen LogP contribution is 2.52. The van der Waals surface area contributed by atoms with Crippen molar-refractivity contribution in [3.05, 3.63) is 36.5 Å². The van der Waals surface area contributed by atoms with E-state index in [0.29, 0.717) is 18.4 Å². The second kappa shape index (κ2) is 33.3. The number of carbonyl (C=O) groups is 2. The Morgan fingerprint density at radius 2 is 1.02 bits per heavy atom. The van der Waals surface area contributed by atoms with Gasteiger partial charge in [-0.1, -0.05) is 140 Å². The number of allylic oxidation sites excluding steroid dienone is 6. The third-order valence-corrected chi connectivity index (χ3v) is 14.1. The number of thioether (sulfide) groups is 1. The lowest BCUT2D eigenvalue weighted by atomic mass is 9.67. The zero-order valence-electron chi connectivity index (χ0n) is 37.5. The first kappa shape index (κ1) is 50.6. The van der Waals surface area contributed by atoms with E-state index in [0.717, 1.165) is 77.3 Å². The zero-order chi connectivity index (χ0) is 40.4. The lowest BCUT2D eigenvalue weighted by molar-refractivity contribution is -0.152. The summed E-state index contributed by atoms with van der Waals surface area (Å²) in [5.74, 6) is 2.78. The Morgan fingerprint density at radius 3 is 1.54 bits per heavy atom. The number of amides is 2. The Kier molecular flexibility index (Phi) is 30.1. The number of nitrogens with one attached hydrogen (secondary N) is 1. The van der Waals surface area contributed by atoms with Gasteiger partial charge in [-0.05, 0) is 140 Å². The van der Waals surface area contributed by atoms with Crippen molar-refractivity contribution in [2.75, 3.05) is 45.2 Å². The standard InChI is InChI=1S/C50H91N3O2S/c1-5-7-9-11-13-15-17-19-21-23-25-27-29-31-33-35-42-51-48(55)50(40-38-49(39-41-50)45-56-46-49)53(44-36-43-52(3)4)47(54)37-34-32-30-28-26-24-22-20-18-16-14-12-10-8-6-2/h14,16,19-22H,5-13,15,17-18,23-46H2,1-4H3,(H,51,55)/b16-14-,21-19-,22-20-. The Bertz CT molecular complexity index is 1050. The number of hydrogen-bond donors (Lipinski definition) is 1. The first-order valence-electron chi connectivity index (χ1n) is 24.2. The minimum absolute atomic E-state index is 0.130. The van der Waals surface area contributed by atoms with Gasteiger partial charge in [0.15, 0.2) is 0 Å². The van der Waals surface area contributed by atoms with Crippen LogP contribution in [0.15, 0.2) is 36.5 Å². The maximum atomic E-state index is 14.3. The second-order valence-electron chi connectivity index (χ2n) is 17.9. The minimum Gasteiger partial charge on any atom is -0.354 e. The highest BCUT2D eigenvalue weighted by atomic mass is 32.2. The molecule has 0 atom stereocenters. The maximum Gasteiger partial charge on any atom is 0.245 e. The molecule has 1 aliphatic carbocycles. The summed E-state index contributed by atoms with van der Waals surface area (Å²) in [6.45, 7) is 6.88. The van der Waals surface area contributed by atoms with E-state index in [1.54, 1.807) is 0 Å². The van der Waals surface area contributed by atoms with E-state index in [9.17, 15) is 9.59 Å². The molecule has 1 N–H and O–H groups in total. The van der Waals surface area contributed by atoms with Crippen molar-refractivity contribution in [2.24, 2.45) is 5.41 Å². The molecule has 0 aromatic heterocycles. The van der Waals surface area contributed by atoms with Crippen molar-refractivity contribution >= 4 is 23.6 Å². The first-order chi connectivity index (χ1) is 27.4. The third kappa shape index (κ3) is 22.6. The topological polar surface area (TPSA) is 52.7 Å². The van der Waals surface area contributed by atoms with Crippen LogP contribution < -0.4 is 5.32 Å². The van der Waals surface area contributed by atoms with Crippen molar-refractivity contribution < 1.29 is 9.59 Å². The van der Waals surface area contributed by atoms with Crippen molar-refractivity contribution in [2.45, 2.75) is 218 Å². The molecule has 0 unspecified atom stereocenters. The van der Waals surface area contributed by atoms with E-state index in [2.05, 4.69) is 79.5 Å². The molecule has 56 heavy (non-hydrogen) atoms. The van der Waals surface area contributed by atoms with E-state index in [-0.39, 0.29) is 11.8 Å². The summed E-state index contributed by atoms with van der Waals surface area (Å²) in [5.41, 5.74) is -0.287. The van der Waals surface area contributed by atoms with Crippen molar-refractivity contribution in [1.29, 1.82) is 0 Å². The molecular weight excluding hydrogens is 707 g/mol. The predicted molar refractivity (Wildman–Crippen MR) is 248 cm³/mol. The molecule has 5 nitrogen and oxygen atoms in total. The van der Waals surface area contributed by atoms with Crippen LogP contribution in [0, 0.1) is 5.41 Å².